The first-order valence-electron chi connectivity index (χ1n) is 8.30. The Balaban J connectivity index is 1.65. The summed E-state index contributed by atoms with van der Waals surface area (Å²) in [7, 11) is 0. The predicted octanol–water partition coefficient (Wildman–Crippen LogP) is 4.25. The molecule has 0 heterocycles. The second kappa shape index (κ2) is 5.78. The largest absolute Gasteiger partial charge is 0.289 e. The molecule has 2 aliphatic rings. The fourth-order valence-electron chi connectivity index (χ4n) is 3.80. The molecule has 23 heavy (non-hydrogen) atoms. The SMILES string of the molecule is O=[N+]([O-])c1ccccc1CN(C1CC1)[C@@H]1CCc2ccccc21. The van der Waals surface area contributed by atoms with E-state index in [4.69, 9.17) is 0 Å². The van der Waals surface area contributed by atoms with Gasteiger partial charge in [0.15, 0.2) is 0 Å². The summed E-state index contributed by atoms with van der Waals surface area (Å²) in [4.78, 5) is 13.5. The molecule has 1 saturated carbocycles. The molecule has 0 N–H and O–H groups in total. The van der Waals surface area contributed by atoms with E-state index < -0.39 is 0 Å². The Bertz CT molecular complexity index is 740. The van der Waals surface area contributed by atoms with Crippen molar-refractivity contribution in [3.63, 3.8) is 0 Å². The molecule has 0 spiro atoms. The van der Waals surface area contributed by atoms with Crippen LogP contribution in [0.4, 0.5) is 5.69 Å². The van der Waals surface area contributed by atoms with Crippen LogP contribution in [-0.2, 0) is 13.0 Å². The van der Waals surface area contributed by atoms with Crippen molar-refractivity contribution in [3.8, 4) is 0 Å². The van der Waals surface area contributed by atoms with Crippen LogP contribution in [0.2, 0.25) is 0 Å². The van der Waals surface area contributed by atoms with Crippen LogP contribution >= 0.6 is 0 Å². The lowest BCUT2D eigenvalue weighted by atomic mass is 10.1. The maximum atomic E-state index is 11.3. The zero-order valence-corrected chi connectivity index (χ0v) is 13.0. The Morgan fingerprint density at radius 1 is 1.04 bits per heavy atom. The van der Waals surface area contributed by atoms with Crippen LogP contribution in [0.3, 0.4) is 0 Å². The smallest absolute Gasteiger partial charge is 0.273 e. The average Bonchev–Trinajstić information content (AvgIpc) is 3.32. The number of nitro benzene ring substituents is 1. The van der Waals surface area contributed by atoms with Gasteiger partial charge in [-0.25, -0.2) is 0 Å². The molecule has 4 nitrogen and oxygen atoms in total. The van der Waals surface area contributed by atoms with Gasteiger partial charge in [-0.3, -0.25) is 15.0 Å². The van der Waals surface area contributed by atoms with E-state index in [0.29, 0.717) is 18.6 Å². The summed E-state index contributed by atoms with van der Waals surface area (Å²) in [6.07, 6.45) is 4.65. The van der Waals surface area contributed by atoms with Crippen molar-refractivity contribution in [3.05, 3.63) is 75.3 Å². The Morgan fingerprint density at radius 3 is 2.57 bits per heavy atom. The highest BCUT2D eigenvalue weighted by molar-refractivity contribution is 5.40. The molecular weight excluding hydrogens is 288 g/mol. The number of hydrogen-bond acceptors (Lipinski definition) is 3. The minimum atomic E-state index is -0.261. The fourth-order valence-corrected chi connectivity index (χ4v) is 3.80. The van der Waals surface area contributed by atoms with E-state index in [0.717, 1.165) is 18.4 Å². The zero-order chi connectivity index (χ0) is 15.8. The molecule has 118 valence electrons. The number of rotatable bonds is 5. The number of hydrogen-bond donors (Lipinski definition) is 0. The van der Waals surface area contributed by atoms with Crippen molar-refractivity contribution in [1.29, 1.82) is 0 Å². The molecular formula is C19H20N2O2. The van der Waals surface area contributed by atoms with Gasteiger partial charge in [0.1, 0.15) is 0 Å². The van der Waals surface area contributed by atoms with E-state index in [-0.39, 0.29) is 10.6 Å². The Hall–Kier alpha value is -2.20. The van der Waals surface area contributed by atoms with Crippen LogP contribution in [0.25, 0.3) is 0 Å². The highest BCUT2D eigenvalue weighted by Crippen LogP contribution is 2.43. The third kappa shape index (κ3) is 2.75. The molecule has 4 heteroatoms. The van der Waals surface area contributed by atoms with Crippen LogP contribution in [0.1, 0.15) is 42.0 Å². The normalized spacial score (nSPS) is 19.8. The third-order valence-corrected chi connectivity index (χ3v) is 5.06. The first-order valence-corrected chi connectivity index (χ1v) is 8.30. The summed E-state index contributed by atoms with van der Waals surface area (Å²) in [5.74, 6) is 0. The van der Waals surface area contributed by atoms with Crippen LogP contribution in [0.5, 0.6) is 0 Å². The number of fused-ring (bicyclic) bond motifs is 1. The first-order chi connectivity index (χ1) is 11.2. The maximum absolute atomic E-state index is 11.3. The van der Waals surface area contributed by atoms with Crippen LogP contribution in [-0.4, -0.2) is 15.9 Å². The van der Waals surface area contributed by atoms with Gasteiger partial charge >= 0.3 is 0 Å². The minimum absolute atomic E-state index is 0.240. The van der Waals surface area contributed by atoms with Crippen molar-refractivity contribution in [2.24, 2.45) is 0 Å². The Labute approximate surface area is 135 Å². The van der Waals surface area contributed by atoms with Crippen LogP contribution < -0.4 is 0 Å². The van der Waals surface area contributed by atoms with E-state index in [1.165, 1.54) is 24.0 Å². The van der Waals surface area contributed by atoms with E-state index in [1.54, 1.807) is 12.1 Å². The molecule has 1 atom stereocenters. The molecule has 4 rings (SSSR count). The van der Waals surface area contributed by atoms with Gasteiger partial charge in [0.2, 0.25) is 0 Å². The van der Waals surface area contributed by atoms with E-state index in [2.05, 4.69) is 29.2 Å². The van der Waals surface area contributed by atoms with Gasteiger partial charge in [0.25, 0.3) is 5.69 Å². The standard InChI is InChI=1S/C19H20N2O2/c22-21(23)18-8-4-2-6-15(18)13-20(16-10-11-16)19-12-9-14-5-1-3-7-17(14)19/h1-8,16,19H,9-13H2/t19-/m1/s1. The quantitative estimate of drug-likeness (QED) is 0.613. The van der Waals surface area contributed by atoms with Gasteiger partial charge < -0.3 is 0 Å². The number of benzene rings is 2. The number of nitro groups is 1. The lowest BCUT2D eigenvalue weighted by Gasteiger charge is -2.29. The topological polar surface area (TPSA) is 46.4 Å². The second-order valence-electron chi connectivity index (χ2n) is 6.54. The minimum Gasteiger partial charge on any atom is -0.289 e. The maximum Gasteiger partial charge on any atom is 0.273 e. The molecule has 0 aromatic heterocycles. The van der Waals surface area contributed by atoms with Gasteiger partial charge in [-0.15, -0.1) is 0 Å². The molecule has 0 aliphatic heterocycles. The summed E-state index contributed by atoms with van der Waals surface area (Å²) < 4.78 is 0. The molecule has 2 aliphatic carbocycles. The summed E-state index contributed by atoms with van der Waals surface area (Å²) in [5.41, 5.74) is 3.92. The molecule has 0 amide bonds. The summed E-state index contributed by atoms with van der Waals surface area (Å²) in [6, 6.07) is 16.8. The molecule has 0 unspecified atom stereocenters. The highest BCUT2D eigenvalue weighted by Gasteiger charge is 2.38. The van der Waals surface area contributed by atoms with Crippen molar-refractivity contribution < 1.29 is 4.92 Å². The van der Waals surface area contributed by atoms with Gasteiger partial charge in [-0.1, -0.05) is 42.5 Å². The predicted molar refractivity (Wildman–Crippen MR) is 89.2 cm³/mol. The summed E-state index contributed by atoms with van der Waals surface area (Å²) >= 11 is 0. The highest BCUT2D eigenvalue weighted by atomic mass is 16.6. The van der Waals surface area contributed by atoms with Crippen molar-refractivity contribution in [2.75, 3.05) is 0 Å². The van der Waals surface area contributed by atoms with Gasteiger partial charge in [-0.05, 0) is 36.8 Å². The first kappa shape index (κ1) is 14.4. The summed E-state index contributed by atoms with van der Waals surface area (Å²) in [6.45, 7) is 0.667. The average molecular weight is 308 g/mol. The molecule has 0 saturated heterocycles. The molecule has 2 aromatic carbocycles. The van der Waals surface area contributed by atoms with Crippen molar-refractivity contribution in [1.82, 2.24) is 4.90 Å². The summed E-state index contributed by atoms with van der Waals surface area (Å²) in [5, 5.41) is 11.3. The third-order valence-electron chi connectivity index (χ3n) is 5.06. The van der Waals surface area contributed by atoms with Crippen molar-refractivity contribution >= 4 is 5.69 Å². The second-order valence-corrected chi connectivity index (χ2v) is 6.54. The zero-order valence-electron chi connectivity index (χ0n) is 13.0. The monoisotopic (exact) mass is 308 g/mol. The van der Waals surface area contributed by atoms with E-state index >= 15 is 0 Å². The van der Waals surface area contributed by atoms with Crippen LogP contribution in [0.15, 0.2) is 48.5 Å². The lowest BCUT2D eigenvalue weighted by Crippen LogP contribution is -2.29. The molecule has 0 radical (unpaired) electrons. The fraction of sp³-hybridized carbons (Fsp3) is 0.368. The van der Waals surface area contributed by atoms with Gasteiger partial charge in [0.05, 0.1) is 4.92 Å². The van der Waals surface area contributed by atoms with Crippen LogP contribution in [0, 0.1) is 10.1 Å². The van der Waals surface area contributed by atoms with Gasteiger partial charge in [-0.2, -0.15) is 0 Å². The number of nitrogens with zero attached hydrogens (tertiary/aromatic N) is 2. The molecule has 0 bridgehead atoms. The number of aryl methyl sites for hydroxylation is 1. The lowest BCUT2D eigenvalue weighted by molar-refractivity contribution is -0.385. The molecule has 1 fully saturated rings. The van der Waals surface area contributed by atoms with Crippen molar-refractivity contribution in [2.45, 2.75) is 44.3 Å². The van der Waals surface area contributed by atoms with E-state index in [9.17, 15) is 10.1 Å². The Morgan fingerprint density at radius 2 is 1.78 bits per heavy atom. The Kier molecular flexibility index (Phi) is 3.62. The van der Waals surface area contributed by atoms with E-state index in [1.807, 2.05) is 12.1 Å². The van der Waals surface area contributed by atoms with Gasteiger partial charge in [0, 0.05) is 30.3 Å². The molecule has 2 aromatic rings. The number of para-hydroxylation sites is 1.